The topological polar surface area (TPSA) is 79.1 Å². The third kappa shape index (κ3) is 5.19. The molecule has 1 heterocycles. The van der Waals surface area contributed by atoms with Gasteiger partial charge in [0, 0.05) is 18.7 Å². The third-order valence-electron chi connectivity index (χ3n) is 4.07. The number of nitrogens with two attached hydrogens (primary N) is 1. The summed E-state index contributed by atoms with van der Waals surface area (Å²) < 4.78 is 0. The molecule has 0 amide bonds. The summed E-state index contributed by atoms with van der Waals surface area (Å²) in [7, 11) is 0. The maximum Gasteiger partial charge on any atom is 0.193 e. The summed E-state index contributed by atoms with van der Waals surface area (Å²) in [6, 6.07) is 14.2. The molecule has 0 saturated heterocycles. The van der Waals surface area contributed by atoms with E-state index in [1.54, 1.807) is 0 Å². The zero-order valence-corrected chi connectivity index (χ0v) is 16.9. The second kappa shape index (κ2) is 8.84. The van der Waals surface area contributed by atoms with E-state index < -0.39 is 0 Å². The molecule has 132 valence electrons. The fourth-order valence-electron chi connectivity index (χ4n) is 2.58. The number of nitrogens with one attached hydrogen (secondary N) is 2. The van der Waals surface area contributed by atoms with Gasteiger partial charge in [-0.25, -0.2) is 4.98 Å². The van der Waals surface area contributed by atoms with Gasteiger partial charge in [-0.3, -0.25) is 4.99 Å². The number of hydrogen-bond acceptors (Lipinski definition) is 2. The largest absolute Gasteiger partial charge is 0.370 e. The van der Waals surface area contributed by atoms with Crippen LogP contribution in [0.4, 0.5) is 5.69 Å². The van der Waals surface area contributed by atoms with Crippen LogP contribution in [-0.4, -0.2) is 22.5 Å². The number of rotatable bonds is 5. The Morgan fingerprint density at radius 2 is 1.96 bits per heavy atom. The van der Waals surface area contributed by atoms with Gasteiger partial charge in [-0.15, -0.1) is 24.0 Å². The fraction of sp³-hybridized carbons (Fsp3) is 0.263. The van der Waals surface area contributed by atoms with Crippen LogP contribution in [0.5, 0.6) is 0 Å². The molecule has 1 aromatic heterocycles. The molecule has 0 unspecified atom stereocenters. The van der Waals surface area contributed by atoms with Crippen molar-refractivity contribution in [3.8, 4) is 0 Å². The van der Waals surface area contributed by atoms with Gasteiger partial charge < -0.3 is 16.0 Å². The highest BCUT2D eigenvalue weighted by atomic mass is 127. The molecule has 3 aromatic rings. The number of para-hydroxylation sites is 2. The predicted octanol–water partition coefficient (Wildman–Crippen LogP) is 4.16. The highest BCUT2D eigenvalue weighted by Crippen LogP contribution is 2.14. The standard InChI is InChI=1S/C19H23N5.HI/c1-13-9-10-15(12-14(13)2)22-19(20)21-11-5-8-18-23-16-6-3-4-7-17(16)24-18;/h3-4,6-7,9-10,12H,5,8,11H2,1-2H3,(H,23,24)(H3,20,21,22);1H. The molecule has 0 aliphatic carbocycles. The van der Waals surface area contributed by atoms with Crippen LogP contribution in [-0.2, 0) is 6.42 Å². The molecule has 0 radical (unpaired) electrons. The fourth-order valence-corrected chi connectivity index (χ4v) is 2.58. The van der Waals surface area contributed by atoms with Crippen LogP contribution in [0.15, 0.2) is 47.5 Å². The third-order valence-corrected chi connectivity index (χ3v) is 4.07. The Labute approximate surface area is 165 Å². The zero-order chi connectivity index (χ0) is 16.9. The molecule has 5 nitrogen and oxygen atoms in total. The maximum atomic E-state index is 5.95. The molecule has 3 rings (SSSR count). The number of anilines is 1. The van der Waals surface area contributed by atoms with Crippen molar-refractivity contribution in [1.82, 2.24) is 9.97 Å². The molecule has 6 heteroatoms. The number of imidazole rings is 1. The van der Waals surface area contributed by atoms with E-state index in [4.69, 9.17) is 5.73 Å². The molecule has 0 bridgehead atoms. The van der Waals surface area contributed by atoms with Gasteiger partial charge >= 0.3 is 0 Å². The van der Waals surface area contributed by atoms with Gasteiger partial charge in [0.25, 0.3) is 0 Å². The number of hydrogen-bond donors (Lipinski definition) is 3. The number of aryl methyl sites for hydroxylation is 3. The lowest BCUT2D eigenvalue weighted by molar-refractivity contribution is 0.796. The number of aromatic nitrogens is 2. The van der Waals surface area contributed by atoms with Crippen molar-refractivity contribution in [3.63, 3.8) is 0 Å². The van der Waals surface area contributed by atoms with Gasteiger partial charge in [-0.2, -0.15) is 0 Å². The van der Waals surface area contributed by atoms with Crippen molar-refractivity contribution in [2.45, 2.75) is 26.7 Å². The zero-order valence-electron chi connectivity index (χ0n) is 14.5. The molecule has 0 atom stereocenters. The minimum Gasteiger partial charge on any atom is -0.370 e. The molecule has 0 aliphatic rings. The highest BCUT2D eigenvalue weighted by molar-refractivity contribution is 14.0. The smallest absolute Gasteiger partial charge is 0.193 e. The second-order valence-electron chi connectivity index (χ2n) is 6.00. The average molecular weight is 449 g/mol. The van der Waals surface area contributed by atoms with Crippen LogP contribution in [0.25, 0.3) is 11.0 Å². The summed E-state index contributed by atoms with van der Waals surface area (Å²) in [6.45, 7) is 4.84. The van der Waals surface area contributed by atoms with Gasteiger partial charge in [0.2, 0.25) is 0 Å². The number of benzene rings is 2. The molecule has 4 N–H and O–H groups in total. The Morgan fingerprint density at radius 1 is 1.16 bits per heavy atom. The molecule has 2 aromatic carbocycles. The van der Waals surface area contributed by atoms with Crippen molar-refractivity contribution in [1.29, 1.82) is 0 Å². The number of H-pyrrole nitrogens is 1. The summed E-state index contributed by atoms with van der Waals surface area (Å²) in [5.74, 6) is 1.44. The van der Waals surface area contributed by atoms with Crippen molar-refractivity contribution in [3.05, 3.63) is 59.4 Å². The van der Waals surface area contributed by atoms with E-state index in [9.17, 15) is 0 Å². The Bertz CT molecular complexity index is 836. The molecule has 0 aliphatic heterocycles. The molecule has 0 saturated carbocycles. The summed E-state index contributed by atoms with van der Waals surface area (Å²) in [5.41, 5.74) is 11.5. The van der Waals surface area contributed by atoms with Gasteiger partial charge in [0.1, 0.15) is 5.82 Å². The summed E-state index contributed by atoms with van der Waals surface area (Å²) >= 11 is 0. The van der Waals surface area contributed by atoms with E-state index in [1.807, 2.05) is 30.3 Å². The number of guanidine groups is 1. The maximum absolute atomic E-state index is 5.95. The van der Waals surface area contributed by atoms with Crippen molar-refractivity contribution < 1.29 is 0 Å². The van der Waals surface area contributed by atoms with Crippen molar-refractivity contribution in [2.24, 2.45) is 10.7 Å². The lowest BCUT2D eigenvalue weighted by Crippen LogP contribution is -2.23. The second-order valence-corrected chi connectivity index (χ2v) is 6.00. The van der Waals surface area contributed by atoms with E-state index in [0.717, 1.165) is 35.4 Å². The number of aliphatic imine (C=N–C) groups is 1. The van der Waals surface area contributed by atoms with Crippen LogP contribution < -0.4 is 11.1 Å². The molecular weight excluding hydrogens is 425 g/mol. The van der Waals surface area contributed by atoms with E-state index in [1.165, 1.54) is 11.1 Å². The monoisotopic (exact) mass is 449 g/mol. The van der Waals surface area contributed by atoms with Crippen LogP contribution in [0.2, 0.25) is 0 Å². The Hall–Kier alpha value is -2.09. The van der Waals surface area contributed by atoms with Crippen LogP contribution in [0.3, 0.4) is 0 Å². The van der Waals surface area contributed by atoms with Crippen LogP contribution >= 0.6 is 24.0 Å². The van der Waals surface area contributed by atoms with E-state index in [2.05, 4.69) is 46.3 Å². The van der Waals surface area contributed by atoms with E-state index in [0.29, 0.717) is 12.5 Å². The summed E-state index contributed by atoms with van der Waals surface area (Å²) in [4.78, 5) is 12.3. The number of fused-ring (bicyclic) bond motifs is 1. The van der Waals surface area contributed by atoms with Gasteiger partial charge in [-0.1, -0.05) is 18.2 Å². The SMILES string of the molecule is Cc1ccc(NC(N)=NCCCc2nc3ccccc3[nH]2)cc1C.I. The normalized spacial score (nSPS) is 11.4. The Morgan fingerprint density at radius 3 is 2.72 bits per heavy atom. The van der Waals surface area contributed by atoms with Crippen molar-refractivity contribution >= 4 is 46.7 Å². The minimum absolute atomic E-state index is 0. The summed E-state index contributed by atoms with van der Waals surface area (Å²) in [5, 5.41) is 3.13. The average Bonchev–Trinajstić information content (AvgIpc) is 2.98. The lowest BCUT2D eigenvalue weighted by Gasteiger charge is -2.08. The van der Waals surface area contributed by atoms with E-state index in [-0.39, 0.29) is 24.0 Å². The Balaban J connectivity index is 0.00000225. The van der Waals surface area contributed by atoms with Gasteiger partial charge in [0.05, 0.1) is 11.0 Å². The first-order valence-electron chi connectivity index (χ1n) is 8.19. The lowest BCUT2D eigenvalue weighted by atomic mass is 10.1. The van der Waals surface area contributed by atoms with Gasteiger partial charge in [0.15, 0.2) is 5.96 Å². The first-order chi connectivity index (χ1) is 11.6. The number of aromatic amines is 1. The number of halogens is 1. The van der Waals surface area contributed by atoms with Crippen LogP contribution in [0.1, 0.15) is 23.4 Å². The first kappa shape index (κ1) is 19.2. The quantitative estimate of drug-likeness (QED) is 0.237. The molecule has 0 spiro atoms. The Kier molecular flexibility index (Phi) is 6.81. The minimum atomic E-state index is 0. The van der Waals surface area contributed by atoms with Crippen molar-refractivity contribution in [2.75, 3.05) is 11.9 Å². The predicted molar refractivity (Wildman–Crippen MR) is 116 cm³/mol. The van der Waals surface area contributed by atoms with E-state index >= 15 is 0 Å². The first-order valence-corrected chi connectivity index (χ1v) is 8.19. The summed E-state index contributed by atoms with van der Waals surface area (Å²) in [6.07, 6.45) is 1.75. The van der Waals surface area contributed by atoms with Crippen LogP contribution in [0, 0.1) is 13.8 Å². The number of nitrogens with zero attached hydrogens (tertiary/aromatic N) is 2. The highest BCUT2D eigenvalue weighted by Gasteiger charge is 2.02. The molecular formula is C19H24IN5. The molecule has 25 heavy (non-hydrogen) atoms. The van der Waals surface area contributed by atoms with Gasteiger partial charge in [-0.05, 0) is 55.7 Å². The molecule has 0 fully saturated rings.